The summed E-state index contributed by atoms with van der Waals surface area (Å²) >= 11 is 0. The summed E-state index contributed by atoms with van der Waals surface area (Å²) in [5.41, 5.74) is 7.37. The standard InChI is InChI=1S/C14H22N4O.C14H21N3.C13H20N4.3CH4.3B/c1-8(2)12-11-7-15-10(5)18(9(3)4)13(11)17-14(16-12)19-6;1-9(2)12-6-7-15-14-13(12)8-16-11(5)17(14)10(3)4;1-8(2)11-7-15-16-13-12(11)6-14-10(5)17(13)9(3)4;;;;;;/h8-9,15H,5,7H2,1-4,6H3;6-7,9-10,16H,5,8H2,1-4H3;7-9,14H,5-6H2,1-4H3;3*1H4;;;. The lowest BCUT2D eigenvalue weighted by molar-refractivity contribution is 0.375. The van der Waals surface area contributed by atoms with Crippen LogP contribution in [0.2, 0.25) is 0 Å². The van der Waals surface area contributed by atoms with Gasteiger partial charge in [0.15, 0.2) is 5.82 Å². The van der Waals surface area contributed by atoms with Crippen LogP contribution in [0.5, 0.6) is 6.01 Å². The van der Waals surface area contributed by atoms with E-state index in [4.69, 9.17) is 4.74 Å². The number of aromatic nitrogens is 5. The molecule has 3 aromatic rings. The zero-order valence-corrected chi connectivity index (χ0v) is 36.2. The Morgan fingerprint density at radius 2 is 1.00 bits per heavy atom. The molecule has 15 heteroatoms. The Morgan fingerprint density at radius 1 is 0.576 bits per heavy atom. The van der Waals surface area contributed by atoms with E-state index in [-0.39, 0.29) is 53.6 Å². The van der Waals surface area contributed by atoms with E-state index in [1.807, 2.05) is 12.4 Å². The van der Waals surface area contributed by atoms with Crippen molar-refractivity contribution in [1.82, 2.24) is 41.1 Å². The van der Waals surface area contributed by atoms with Gasteiger partial charge in [-0.3, -0.25) is 0 Å². The highest BCUT2D eigenvalue weighted by Crippen LogP contribution is 2.35. The Morgan fingerprint density at radius 3 is 1.42 bits per heavy atom. The van der Waals surface area contributed by atoms with Crippen LogP contribution in [0.3, 0.4) is 0 Å². The first kappa shape index (κ1) is 58.6. The first-order valence-corrected chi connectivity index (χ1v) is 18.9. The molecule has 0 aliphatic carbocycles. The van der Waals surface area contributed by atoms with Gasteiger partial charge in [-0.05, 0) is 76.5 Å². The van der Waals surface area contributed by atoms with Gasteiger partial charge in [0.1, 0.15) is 29.1 Å². The number of ether oxygens (including phenoxy) is 1. The van der Waals surface area contributed by atoms with Gasteiger partial charge in [0, 0.05) is 85.9 Å². The molecule has 0 spiro atoms. The van der Waals surface area contributed by atoms with Crippen LogP contribution in [0.4, 0.5) is 17.5 Å². The second-order valence-corrected chi connectivity index (χ2v) is 15.5. The number of hydrogen-bond donors (Lipinski definition) is 3. The average molecular weight is 807 g/mol. The molecule has 6 rings (SSSR count). The second kappa shape index (κ2) is 25.1. The molecule has 59 heavy (non-hydrogen) atoms. The van der Waals surface area contributed by atoms with E-state index in [1.165, 1.54) is 22.3 Å². The van der Waals surface area contributed by atoms with Gasteiger partial charge >= 0.3 is 6.01 Å². The summed E-state index contributed by atoms with van der Waals surface area (Å²) in [6.07, 6.45) is 3.78. The molecule has 3 aliphatic heterocycles. The highest BCUT2D eigenvalue weighted by Gasteiger charge is 2.29. The largest absolute Gasteiger partial charge is 0.467 e. The Kier molecular flexibility index (Phi) is 24.9. The summed E-state index contributed by atoms with van der Waals surface area (Å²) in [5.74, 6) is 6.96. The van der Waals surface area contributed by atoms with Gasteiger partial charge in [-0.1, -0.05) is 83.6 Å². The predicted octanol–water partition coefficient (Wildman–Crippen LogP) is 8.55. The van der Waals surface area contributed by atoms with E-state index in [9.17, 15) is 0 Å². The van der Waals surface area contributed by atoms with E-state index in [0.717, 1.165) is 65.8 Å². The fourth-order valence-electron chi connectivity index (χ4n) is 7.00. The van der Waals surface area contributed by atoms with E-state index >= 15 is 0 Å². The number of fused-ring (bicyclic) bond motifs is 3. The minimum Gasteiger partial charge on any atom is -0.467 e. The molecule has 0 saturated carbocycles. The molecule has 3 N–H and O–H groups in total. The van der Waals surface area contributed by atoms with Crippen LogP contribution in [-0.2, 0) is 19.6 Å². The smallest absolute Gasteiger partial charge is 0.318 e. The molecule has 6 heterocycles. The Labute approximate surface area is 365 Å². The van der Waals surface area contributed by atoms with Gasteiger partial charge in [0.25, 0.3) is 0 Å². The van der Waals surface area contributed by atoms with Crippen molar-refractivity contribution in [3.05, 3.63) is 89.2 Å². The molecule has 0 saturated heterocycles. The van der Waals surface area contributed by atoms with Gasteiger partial charge in [0.05, 0.1) is 19.0 Å². The SMILES string of the molecule is C.C.C.C=C1NCc2c(C(C)C)ccnc2N1C(C)C.C=C1NCc2c(C(C)C)cnnc2N1C(C)C.C=C1NCc2c(C(C)C)nc(OC)nc2N1C(C)C.[B].[B].[B]. The van der Waals surface area contributed by atoms with Crippen LogP contribution >= 0.6 is 0 Å². The fourth-order valence-corrected chi connectivity index (χ4v) is 7.00. The molecule has 12 nitrogen and oxygen atoms in total. The maximum Gasteiger partial charge on any atom is 0.318 e. The van der Waals surface area contributed by atoms with Crippen LogP contribution in [0, 0.1) is 0 Å². The summed E-state index contributed by atoms with van der Waals surface area (Å²) in [4.78, 5) is 19.9. The Balaban J connectivity index is -0.000000760. The highest BCUT2D eigenvalue weighted by molar-refractivity contribution is 5.76. The van der Waals surface area contributed by atoms with E-state index in [2.05, 4.69) is 165 Å². The van der Waals surface area contributed by atoms with Crippen molar-refractivity contribution in [2.75, 3.05) is 21.8 Å². The number of nitrogens with one attached hydrogen (secondary N) is 3. The lowest BCUT2D eigenvalue weighted by atomic mass is 9.97. The third kappa shape index (κ3) is 12.9. The zero-order chi connectivity index (χ0) is 39.3. The molecule has 3 aliphatic rings. The van der Waals surface area contributed by atoms with Gasteiger partial charge in [0.2, 0.25) is 0 Å². The number of pyridine rings is 1. The minimum absolute atomic E-state index is 0. The first-order chi connectivity index (χ1) is 25.0. The first-order valence-electron chi connectivity index (χ1n) is 18.9. The summed E-state index contributed by atoms with van der Waals surface area (Å²) in [6.45, 7) is 40.4. The lowest BCUT2D eigenvalue weighted by Crippen LogP contribution is -2.41. The molecule has 0 amide bonds. The molecule has 0 unspecified atom stereocenters. The lowest BCUT2D eigenvalue weighted by Gasteiger charge is -2.36. The summed E-state index contributed by atoms with van der Waals surface area (Å²) in [5, 5.41) is 18.4. The molecule has 3 aromatic heterocycles. The van der Waals surface area contributed by atoms with Crippen molar-refractivity contribution in [3.63, 3.8) is 0 Å². The van der Waals surface area contributed by atoms with Gasteiger partial charge < -0.3 is 35.4 Å². The monoisotopic (exact) mass is 807 g/mol. The van der Waals surface area contributed by atoms with Crippen molar-refractivity contribution >= 4 is 42.7 Å². The van der Waals surface area contributed by atoms with Gasteiger partial charge in [-0.2, -0.15) is 15.1 Å². The maximum atomic E-state index is 5.24. The minimum atomic E-state index is 0. The van der Waals surface area contributed by atoms with Crippen molar-refractivity contribution in [2.24, 2.45) is 0 Å². The third-order valence-corrected chi connectivity index (χ3v) is 9.52. The number of rotatable bonds is 7. The third-order valence-electron chi connectivity index (χ3n) is 9.52. The van der Waals surface area contributed by atoms with Crippen molar-refractivity contribution in [1.29, 1.82) is 0 Å². The van der Waals surface area contributed by atoms with E-state index < -0.39 is 0 Å². The van der Waals surface area contributed by atoms with Crippen LogP contribution in [-0.4, -0.2) is 75.6 Å². The molecule has 9 radical (unpaired) electrons. The second-order valence-electron chi connectivity index (χ2n) is 15.5. The van der Waals surface area contributed by atoms with Gasteiger partial charge in [-0.15, -0.1) is 5.10 Å². The number of nitrogens with zero attached hydrogens (tertiary/aromatic N) is 8. The quantitative estimate of drug-likeness (QED) is 0.199. The van der Waals surface area contributed by atoms with E-state index in [0.29, 0.717) is 35.8 Å². The Bertz CT molecular complexity index is 1710. The molecule has 0 bridgehead atoms. The average Bonchev–Trinajstić information content (AvgIpc) is 3.09. The van der Waals surface area contributed by atoms with Crippen molar-refractivity contribution in [2.45, 2.75) is 161 Å². The van der Waals surface area contributed by atoms with Crippen LogP contribution < -0.4 is 35.4 Å². The highest BCUT2D eigenvalue weighted by atomic mass is 16.5. The van der Waals surface area contributed by atoms with Crippen LogP contribution in [0.1, 0.15) is 157 Å². The molecular formula is C44H75B3N11O. The maximum absolute atomic E-state index is 5.24. The summed E-state index contributed by atoms with van der Waals surface area (Å²) < 4.78 is 5.24. The van der Waals surface area contributed by atoms with Crippen LogP contribution in [0.15, 0.2) is 55.7 Å². The number of methoxy groups -OCH3 is 1. The van der Waals surface area contributed by atoms with E-state index in [1.54, 1.807) is 7.11 Å². The number of hydrogen-bond acceptors (Lipinski definition) is 12. The zero-order valence-electron chi connectivity index (χ0n) is 36.2. The summed E-state index contributed by atoms with van der Waals surface area (Å²) in [7, 11) is 1.60. The molecular weight excluding hydrogens is 731 g/mol. The van der Waals surface area contributed by atoms with Crippen LogP contribution in [0.25, 0.3) is 0 Å². The molecule has 0 fully saturated rings. The summed E-state index contributed by atoms with van der Waals surface area (Å²) in [6, 6.07) is 3.51. The normalized spacial score (nSPS) is 13.5. The van der Waals surface area contributed by atoms with Crippen molar-refractivity contribution in [3.8, 4) is 6.01 Å². The molecule has 0 aromatic carbocycles. The molecule has 321 valence electrons. The van der Waals surface area contributed by atoms with Crippen molar-refractivity contribution < 1.29 is 4.74 Å². The topological polar surface area (TPSA) is 119 Å². The fraction of sp³-hybridized carbons (Fsp3) is 0.568. The van der Waals surface area contributed by atoms with Gasteiger partial charge in [-0.25, -0.2) is 4.98 Å². The predicted molar refractivity (Wildman–Crippen MR) is 255 cm³/mol. The molecule has 0 atom stereocenters. The Hall–Kier alpha value is -4.68. The number of anilines is 3.